The van der Waals surface area contributed by atoms with Crippen molar-refractivity contribution in [3.05, 3.63) is 95.5 Å². The van der Waals surface area contributed by atoms with Gasteiger partial charge >= 0.3 is 0 Å². The third kappa shape index (κ3) is 3.67. The van der Waals surface area contributed by atoms with Gasteiger partial charge in [0.05, 0.1) is 19.3 Å². The quantitative estimate of drug-likeness (QED) is 0.435. The lowest BCUT2D eigenvalue weighted by Crippen LogP contribution is -2.16. The highest BCUT2D eigenvalue weighted by atomic mass is 19.1. The average molecular weight is 403 g/mol. The van der Waals surface area contributed by atoms with Gasteiger partial charge in [-0.2, -0.15) is 0 Å². The summed E-state index contributed by atoms with van der Waals surface area (Å²) in [6, 6.07) is 20.0. The van der Waals surface area contributed by atoms with Crippen LogP contribution < -0.4 is 10.1 Å². The van der Waals surface area contributed by atoms with Crippen LogP contribution in [0.1, 0.15) is 26.5 Å². The van der Waals surface area contributed by atoms with Gasteiger partial charge in [0.25, 0.3) is 0 Å². The van der Waals surface area contributed by atoms with Gasteiger partial charge in [-0.15, -0.1) is 0 Å². The number of fused-ring (bicyclic) bond motifs is 1. The zero-order valence-corrected chi connectivity index (χ0v) is 16.1. The van der Waals surface area contributed by atoms with Gasteiger partial charge in [0.15, 0.2) is 23.1 Å². The van der Waals surface area contributed by atoms with E-state index in [1.165, 1.54) is 19.2 Å². The van der Waals surface area contributed by atoms with Gasteiger partial charge in [0.2, 0.25) is 5.78 Å². The number of furan rings is 1. The van der Waals surface area contributed by atoms with Crippen molar-refractivity contribution < 1.29 is 23.1 Å². The van der Waals surface area contributed by atoms with E-state index in [0.29, 0.717) is 22.2 Å². The molecule has 0 radical (unpaired) electrons. The number of Topliss-reactive ketones (excluding diaryl/α,β-unsaturated/α-hetero) is 1. The number of ether oxygens (including phenoxy) is 1. The van der Waals surface area contributed by atoms with Gasteiger partial charge in [-0.05, 0) is 30.3 Å². The third-order valence-corrected chi connectivity index (χ3v) is 4.74. The maximum Gasteiger partial charge on any atom is 0.230 e. The Morgan fingerprint density at radius 3 is 2.43 bits per heavy atom. The van der Waals surface area contributed by atoms with Gasteiger partial charge in [-0.1, -0.05) is 42.5 Å². The van der Waals surface area contributed by atoms with Crippen LogP contribution in [0.3, 0.4) is 0 Å². The monoisotopic (exact) mass is 403 g/mol. The van der Waals surface area contributed by atoms with E-state index < -0.39 is 5.82 Å². The number of ketones is 2. The topological polar surface area (TPSA) is 68.5 Å². The van der Waals surface area contributed by atoms with Crippen molar-refractivity contribution in [2.75, 3.05) is 19.0 Å². The molecule has 1 N–H and O–H groups in total. The molecule has 0 bridgehead atoms. The van der Waals surface area contributed by atoms with Crippen molar-refractivity contribution >= 4 is 28.2 Å². The van der Waals surface area contributed by atoms with Gasteiger partial charge in [0, 0.05) is 16.5 Å². The molecule has 1 aromatic heterocycles. The summed E-state index contributed by atoms with van der Waals surface area (Å²) in [6.07, 6.45) is 0. The first-order valence-corrected chi connectivity index (χ1v) is 9.30. The first-order chi connectivity index (χ1) is 14.6. The second kappa shape index (κ2) is 8.21. The van der Waals surface area contributed by atoms with E-state index in [-0.39, 0.29) is 35.2 Å². The molecule has 4 aromatic rings. The molecule has 0 saturated carbocycles. The maximum atomic E-state index is 13.9. The molecule has 0 saturated heterocycles. The number of nitrogens with one attached hydrogen (secondary N) is 1. The normalized spacial score (nSPS) is 10.7. The summed E-state index contributed by atoms with van der Waals surface area (Å²) in [7, 11) is 1.36. The Labute approximate surface area is 172 Å². The van der Waals surface area contributed by atoms with Crippen LogP contribution in [0.25, 0.3) is 11.0 Å². The van der Waals surface area contributed by atoms with E-state index in [1.807, 2.05) is 12.1 Å². The molecule has 0 amide bonds. The highest BCUT2D eigenvalue weighted by molar-refractivity contribution is 6.15. The van der Waals surface area contributed by atoms with Crippen molar-refractivity contribution in [3.8, 4) is 5.75 Å². The number of anilines is 1. The first kappa shape index (κ1) is 19.4. The predicted molar refractivity (Wildman–Crippen MR) is 112 cm³/mol. The van der Waals surface area contributed by atoms with Crippen LogP contribution >= 0.6 is 0 Å². The largest absolute Gasteiger partial charge is 0.494 e. The van der Waals surface area contributed by atoms with Crippen LogP contribution in [0.5, 0.6) is 5.75 Å². The standard InChI is InChI=1S/C24H18FNO4/c1-29-21-12-11-16(13-18(21)25)19(27)14-26-22-17-9-5-6-10-20(17)30-24(22)23(28)15-7-3-2-4-8-15/h2-13,26H,14H2,1H3. The van der Waals surface area contributed by atoms with E-state index >= 15 is 0 Å². The molecule has 0 aliphatic rings. The zero-order chi connectivity index (χ0) is 21.1. The highest BCUT2D eigenvalue weighted by Gasteiger charge is 2.22. The molecule has 150 valence electrons. The molecule has 1 heterocycles. The van der Waals surface area contributed by atoms with Crippen molar-refractivity contribution in [1.82, 2.24) is 0 Å². The number of benzene rings is 3. The molecular formula is C24H18FNO4. The second-order valence-corrected chi connectivity index (χ2v) is 6.62. The maximum absolute atomic E-state index is 13.9. The Balaban J connectivity index is 1.64. The third-order valence-electron chi connectivity index (χ3n) is 4.74. The molecule has 0 spiro atoms. The van der Waals surface area contributed by atoms with Crippen molar-refractivity contribution in [3.63, 3.8) is 0 Å². The number of para-hydroxylation sites is 1. The van der Waals surface area contributed by atoms with Crippen molar-refractivity contribution in [2.24, 2.45) is 0 Å². The Morgan fingerprint density at radius 2 is 1.70 bits per heavy atom. The fourth-order valence-corrected chi connectivity index (χ4v) is 3.21. The van der Waals surface area contributed by atoms with Gasteiger partial charge < -0.3 is 14.5 Å². The molecule has 30 heavy (non-hydrogen) atoms. The first-order valence-electron chi connectivity index (χ1n) is 9.30. The molecule has 5 nitrogen and oxygen atoms in total. The van der Waals surface area contributed by atoms with E-state index in [9.17, 15) is 14.0 Å². The lowest BCUT2D eigenvalue weighted by Gasteiger charge is -2.08. The lowest BCUT2D eigenvalue weighted by atomic mass is 10.1. The summed E-state index contributed by atoms with van der Waals surface area (Å²) in [6.45, 7) is -0.135. The highest BCUT2D eigenvalue weighted by Crippen LogP contribution is 2.32. The van der Waals surface area contributed by atoms with Crippen LogP contribution in [-0.4, -0.2) is 25.2 Å². The Bertz CT molecular complexity index is 1230. The molecule has 0 fully saturated rings. The molecular weight excluding hydrogens is 385 g/mol. The number of hydrogen-bond donors (Lipinski definition) is 1. The average Bonchev–Trinajstić information content (AvgIpc) is 3.16. The van der Waals surface area contributed by atoms with Crippen molar-refractivity contribution in [1.29, 1.82) is 0 Å². The summed E-state index contributed by atoms with van der Waals surface area (Å²) < 4.78 is 24.6. The lowest BCUT2D eigenvalue weighted by molar-refractivity contribution is 0.0997. The Hall–Kier alpha value is -3.93. The number of methoxy groups -OCH3 is 1. The molecule has 4 rings (SSSR count). The number of halogens is 1. The molecule has 0 aliphatic carbocycles. The number of rotatable bonds is 7. The SMILES string of the molecule is COc1ccc(C(=O)CNc2c(C(=O)c3ccccc3)oc3ccccc23)cc1F. The summed E-state index contributed by atoms with van der Waals surface area (Å²) in [5.41, 5.74) is 1.64. The molecule has 0 atom stereocenters. The number of hydrogen-bond acceptors (Lipinski definition) is 5. The predicted octanol–water partition coefficient (Wildman–Crippen LogP) is 5.11. The van der Waals surface area contributed by atoms with E-state index in [4.69, 9.17) is 9.15 Å². The van der Waals surface area contributed by atoms with Crippen LogP contribution in [-0.2, 0) is 0 Å². The fourth-order valence-electron chi connectivity index (χ4n) is 3.21. The van der Waals surface area contributed by atoms with Gasteiger partial charge in [0.1, 0.15) is 5.58 Å². The summed E-state index contributed by atoms with van der Waals surface area (Å²) in [4.78, 5) is 25.6. The number of carbonyl (C=O) groups is 2. The van der Waals surface area contributed by atoms with E-state index in [1.54, 1.807) is 42.5 Å². The van der Waals surface area contributed by atoms with Crippen LogP contribution in [0.2, 0.25) is 0 Å². The van der Waals surface area contributed by atoms with Crippen LogP contribution in [0.4, 0.5) is 10.1 Å². The van der Waals surface area contributed by atoms with E-state index in [2.05, 4.69) is 5.32 Å². The fraction of sp³-hybridized carbons (Fsp3) is 0.0833. The van der Waals surface area contributed by atoms with Crippen molar-refractivity contribution in [2.45, 2.75) is 0 Å². The molecule has 0 aliphatic heterocycles. The minimum atomic E-state index is -0.614. The Morgan fingerprint density at radius 1 is 0.967 bits per heavy atom. The van der Waals surface area contributed by atoms with E-state index in [0.717, 1.165) is 6.07 Å². The zero-order valence-electron chi connectivity index (χ0n) is 16.1. The summed E-state index contributed by atoms with van der Waals surface area (Å²) in [5, 5.41) is 3.70. The smallest absolute Gasteiger partial charge is 0.230 e. The van der Waals surface area contributed by atoms with Crippen LogP contribution in [0.15, 0.2) is 77.2 Å². The molecule has 3 aromatic carbocycles. The summed E-state index contributed by atoms with van der Waals surface area (Å²) >= 11 is 0. The minimum absolute atomic E-state index is 0.0658. The molecule has 0 unspecified atom stereocenters. The minimum Gasteiger partial charge on any atom is -0.494 e. The second-order valence-electron chi connectivity index (χ2n) is 6.62. The van der Waals surface area contributed by atoms with Gasteiger partial charge in [-0.3, -0.25) is 9.59 Å². The Kier molecular flexibility index (Phi) is 5.30. The van der Waals surface area contributed by atoms with Crippen LogP contribution in [0, 0.1) is 5.82 Å². The van der Waals surface area contributed by atoms with Gasteiger partial charge in [-0.25, -0.2) is 4.39 Å². The summed E-state index contributed by atoms with van der Waals surface area (Å²) in [5.74, 6) is -1.05. The molecule has 6 heteroatoms. The number of carbonyl (C=O) groups excluding carboxylic acids is 2.